The van der Waals surface area contributed by atoms with E-state index in [0.29, 0.717) is 0 Å². The lowest BCUT2D eigenvalue weighted by atomic mass is 10.2. The van der Waals surface area contributed by atoms with E-state index in [0.717, 1.165) is 31.5 Å². The topological polar surface area (TPSA) is 15.3 Å². The van der Waals surface area contributed by atoms with Crippen molar-refractivity contribution < 1.29 is 0 Å². The second kappa shape index (κ2) is 6.87. The summed E-state index contributed by atoms with van der Waals surface area (Å²) in [5.41, 5.74) is 1.52. The molecule has 0 aliphatic heterocycles. The fourth-order valence-electron chi connectivity index (χ4n) is 2.41. The van der Waals surface area contributed by atoms with E-state index in [4.69, 9.17) is 0 Å². The quantitative estimate of drug-likeness (QED) is 0.782. The van der Waals surface area contributed by atoms with E-state index in [9.17, 15) is 0 Å². The molecule has 1 N–H and O–H groups in total. The summed E-state index contributed by atoms with van der Waals surface area (Å²) in [6, 6.07) is 2.40. The van der Waals surface area contributed by atoms with Gasteiger partial charge in [0.2, 0.25) is 0 Å². The molecule has 2 rings (SSSR count). The zero-order chi connectivity index (χ0) is 13.8. The largest absolute Gasteiger partial charge is 0.312 e. The third-order valence-electron chi connectivity index (χ3n) is 3.63. The third kappa shape index (κ3) is 5.25. The van der Waals surface area contributed by atoms with Gasteiger partial charge in [-0.1, -0.05) is 13.8 Å². The molecule has 108 valence electrons. The van der Waals surface area contributed by atoms with Gasteiger partial charge in [0.1, 0.15) is 0 Å². The normalized spacial score (nSPS) is 15.7. The molecule has 0 unspecified atom stereocenters. The monoisotopic (exact) mass is 280 g/mol. The molecule has 0 atom stereocenters. The van der Waals surface area contributed by atoms with Crippen molar-refractivity contribution in [3.8, 4) is 0 Å². The molecule has 1 aliphatic carbocycles. The summed E-state index contributed by atoms with van der Waals surface area (Å²) in [7, 11) is 2.26. The van der Waals surface area contributed by atoms with Gasteiger partial charge in [-0.3, -0.25) is 0 Å². The second-order valence-electron chi connectivity index (χ2n) is 6.46. The van der Waals surface area contributed by atoms with Gasteiger partial charge in [0.25, 0.3) is 0 Å². The minimum atomic E-state index is 0.727. The van der Waals surface area contributed by atoms with Crippen molar-refractivity contribution >= 4 is 11.3 Å². The molecule has 0 aromatic carbocycles. The first kappa shape index (κ1) is 15.0. The van der Waals surface area contributed by atoms with E-state index in [-0.39, 0.29) is 0 Å². The van der Waals surface area contributed by atoms with E-state index in [1.807, 2.05) is 11.3 Å². The standard InChI is InChI=1S/C16H28N2S/c1-12(2)8-17-9-16-7-15(13(3)19-16)11-18(4)10-14-5-6-14/h7,12,14,17H,5-6,8-11H2,1-4H3. The van der Waals surface area contributed by atoms with E-state index < -0.39 is 0 Å². The highest BCUT2D eigenvalue weighted by atomic mass is 32.1. The number of nitrogens with zero attached hydrogens (tertiary/aromatic N) is 1. The van der Waals surface area contributed by atoms with Gasteiger partial charge >= 0.3 is 0 Å². The van der Waals surface area contributed by atoms with Crippen LogP contribution in [0.25, 0.3) is 0 Å². The van der Waals surface area contributed by atoms with Crippen molar-refractivity contribution in [3.63, 3.8) is 0 Å². The Balaban J connectivity index is 1.81. The van der Waals surface area contributed by atoms with Crippen molar-refractivity contribution in [3.05, 3.63) is 21.4 Å². The first-order valence-corrected chi connectivity index (χ1v) is 8.33. The summed E-state index contributed by atoms with van der Waals surface area (Å²) in [6.07, 6.45) is 2.88. The number of nitrogens with one attached hydrogen (secondary N) is 1. The van der Waals surface area contributed by atoms with Crippen LogP contribution >= 0.6 is 11.3 Å². The zero-order valence-electron chi connectivity index (χ0n) is 12.8. The summed E-state index contributed by atoms with van der Waals surface area (Å²) in [4.78, 5) is 5.45. The Bertz CT molecular complexity index is 393. The van der Waals surface area contributed by atoms with Crippen molar-refractivity contribution in [2.45, 2.75) is 46.7 Å². The molecule has 1 fully saturated rings. The average molecular weight is 280 g/mol. The van der Waals surface area contributed by atoms with Crippen molar-refractivity contribution in [2.75, 3.05) is 20.1 Å². The Morgan fingerprint density at radius 3 is 2.79 bits per heavy atom. The summed E-state index contributed by atoms with van der Waals surface area (Å²) < 4.78 is 0. The molecule has 2 nitrogen and oxygen atoms in total. The van der Waals surface area contributed by atoms with Crippen LogP contribution in [0.4, 0.5) is 0 Å². The van der Waals surface area contributed by atoms with Crippen LogP contribution in [0.3, 0.4) is 0 Å². The summed E-state index contributed by atoms with van der Waals surface area (Å²) in [5, 5.41) is 3.53. The minimum absolute atomic E-state index is 0.727. The lowest BCUT2D eigenvalue weighted by Gasteiger charge is -2.15. The Morgan fingerprint density at radius 1 is 1.42 bits per heavy atom. The number of hydrogen-bond acceptors (Lipinski definition) is 3. The number of aryl methyl sites for hydroxylation is 1. The molecule has 1 aromatic rings. The van der Waals surface area contributed by atoms with Gasteiger partial charge < -0.3 is 10.2 Å². The third-order valence-corrected chi connectivity index (χ3v) is 4.72. The van der Waals surface area contributed by atoms with Gasteiger partial charge in [0.05, 0.1) is 0 Å². The lowest BCUT2D eigenvalue weighted by Crippen LogP contribution is -2.20. The van der Waals surface area contributed by atoms with Crippen molar-refractivity contribution in [1.82, 2.24) is 10.2 Å². The second-order valence-corrected chi connectivity index (χ2v) is 7.80. The Morgan fingerprint density at radius 2 is 2.16 bits per heavy atom. The highest BCUT2D eigenvalue weighted by molar-refractivity contribution is 7.12. The van der Waals surface area contributed by atoms with E-state index in [1.165, 1.54) is 34.7 Å². The van der Waals surface area contributed by atoms with Crippen LogP contribution in [0.2, 0.25) is 0 Å². The van der Waals surface area contributed by atoms with E-state index >= 15 is 0 Å². The molecule has 3 heteroatoms. The first-order valence-electron chi connectivity index (χ1n) is 7.52. The first-order chi connectivity index (χ1) is 9.04. The van der Waals surface area contributed by atoms with Crippen LogP contribution < -0.4 is 5.32 Å². The Labute approximate surface area is 122 Å². The van der Waals surface area contributed by atoms with Gasteiger partial charge in [-0.25, -0.2) is 0 Å². The molecule has 0 amide bonds. The SMILES string of the molecule is Cc1sc(CNCC(C)C)cc1CN(C)CC1CC1. The predicted octanol–water partition coefficient (Wildman–Crippen LogP) is 3.64. The summed E-state index contributed by atoms with van der Waals surface area (Å²) in [6.45, 7) is 11.3. The van der Waals surface area contributed by atoms with Gasteiger partial charge in [-0.2, -0.15) is 0 Å². The Hall–Kier alpha value is -0.380. The van der Waals surface area contributed by atoms with Crippen molar-refractivity contribution in [1.29, 1.82) is 0 Å². The zero-order valence-corrected chi connectivity index (χ0v) is 13.6. The van der Waals surface area contributed by atoms with Gasteiger partial charge in [-0.15, -0.1) is 11.3 Å². The van der Waals surface area contributed by atoms with Crippen LogP contribution in [0.1, 0.15) is 42.0 Å². The fourth-order valence-corrected chi connectivity index (χ4v) is 3.44. The molecule has 0 radical (unpaired) electrons. The maximum atomic E-state index is 3.53. The number of rotatable bonds is 8. The molecule has 1 saturated carbocycles. The lowest BCUT2D eigenvalue weighted by molar-refractivity contribution is 0.313. The molecule has 1 heterocycles. The molecule has 0 spiro atoms. The van der Waals surface area contributed by atoms with Crippen LogP contribution in [0.15, 0.2) is 6.07 Å². The molecule has 1 aromatic heterocycles. The van der Waals surface area contributed by atoms with Crippen molar-refractivity contribution in [2.24, 2.45) is 11.8 Å². The maximum absolute atomic E-state index is 3.53. The predicted molar refractivity (Wildman–Crippen MR) is 84.7 cm³/mol. The average Bonchev–Trinajstić information content (AvgIpc) is 3.04. The fraction of sp³-hybridized carbons (Fsp3) is 0.750. The molecular formula is C16H28N2S. The van der Waals surface area contributed by atoms with Crippen LogP contribution in [-0.2, 0) is 13.1 Å². The molecule has 0 bridgehead atoms. The molecule has 19 heavy (non-hydrogen) atoms. The summed E-state index contributed by atoms with van der Waals surface area (Å²) in [5.74, 6) is 1.71. The number of hydrogen-bond donors (Lipinski definition) is 1. The maximum Gasteiger partial charge on any atom is 0.0300 e. The minimum Gasteiger partial charge on any atom is -0.312 e. The highest BCUT2D eigenvalue weighted by Gasteiger charge is 2.23. The molecule has 0 saturated heterocycles. The smallest absolute Gasteiger partial charge is 0.0300 e. The van der Waals surface area contributed by atoms with Gasteiger partial charge in [0.15, 0.2) is 0 Å². The van der Waals surface area contributed by atoms with Crippen LogP contribution in [0.5, 0.6) is 0 Å². The molecular weight excluding hydrogens is 252 g/mol. The number of thiophene rings is 1. The van der Waals surface area contributed by atoms with Crippen LogP contribution in [-0.4, -0.2) is 25.0 Å². The molecule has 1 aliphatic rings. The van der Waals surface area contributed by atoms with Crippen LogP contribution in [0, 0.1) is 18.8 Å². The van der Waals surface area contributed by atoms with Gasteiger partial charge in [0, 0.05) is 29.4 Å². The highest BCUT2D eigenvalue weighted by Crippen LogP contribution is 2.30. The van der Waals surface area contributed by atoms with E-state index in [1.54, 1.807) is 0 Å². The summed E-state index contributed by atoms with van der Waals surface area (Å²) >= 11 is 1.95. The van der Waals surface area contributed by atoms with Gasteiger partial charge in [-0.05, 0) is 56.8 Å². The Kier molecular flexibility index (Phi) is 5.43. The van der Waals surface area contributed by atoms with E-state index in [2.05, 4.69) is 44.1 Å².